The van der Waals surface area contributed by atoms with E-state index in [1.54, 1.807) is 6.07 Å². The van der Waals surface area contributed by atoms with Gasteiger partial charge in [-0.25, -0.2) is 4.39 Å². The van der Waals surface area contributed by atoms with Crippen molar-refractivity contribution in [2.45, 2.75) is 13.5 Å². The normalized spacial score (nSPS) is 10.3. The molecule has 2 aromatic carbocycles. The number of carbonyl (C=O) groups is 1. The van der Waals surface area contributed by atoms with E-state index >= 15 is 0 Å². The monoisotopic (exact) mass is 292 g/mol. The number of halogens is 2. The number of anilines is 1. The highest BCUT2D eigenvalue weighted by atomic mass is 35.5. The Labute approximate surface area is 121 Å². The molecule has 2 aromatic rings. The zero-order chi connectivity index (χ0) is 14.7. The highest BCUT2D eigenvalue weighted by molar-refractivity contribution is 6.34. The summed E-state index contributed by atoms with van der Waals surface area (Å²) in [5.41, 5.74) is 8.41. The van der Waals surface area contributed by atoms with Crippen molar-refractivity contribution in [3.63, 3.8) is 0 Å². The predicted octanol–water partition coefficient (Wildman–Crippen LogP) is 3.30. The number of nitrogens with two attached hydrogens (primary N) is 1. The quantitative estimate of drug-likeness (QED) is 0.853. The smallest absolute Gasteiger partial charge is 0.253 e. The van der Waals surface area contributed by atoms with Crippen LogP contribution in [0.3, 0.4) is 0 Å². The van der Waals surface area contributed by atoms with Gasteiger partial charge in [0.25, 0.3) is 5.91 Å². The van der Waals surface area contributed by atoms with Crippen LogP contribution in [0.2, 0.25) is 5.02 Å². The summed E-state index contributed by atoms with van der Waals surface area (Å²) in [4.78, 5) is 12.0. The highest BCUT2D eigenvalue weighted by Crippen LogP contribution is 2.20. The molecule has 0 saturated carbocycles. The van der Waals surface area contributed by atoms with Gasteiger partial charge in [-0.2, -0.15) is 0 Å². The lowest BCUT2D eigenvalue weighted by Crippen LogP contribution is -2.23. The molecule has 0 saturated heterocycles. The first-order chi connectivity index (χ1) is 9.50. The lowest BCUT2D eigenvalue weighted by atomic mass is 10.1. The molecular weight excluding hydrogens is 279 g/mol. The van der Waals surface area contributed by atoms with Crippen LogP contribution in [0.1, 0.15) is 21.5 Å². The van der Waals surface area contributed by atoms with Gasteiger partial charge in [-0.15, -0.1) is 0 Å². The molecule has 0 radical (unpaired) electrons. The van der Waals surface area contributed by atoms with Gasteiger partial charge in [-0.1, -0.05) is 29.8 Å². The van der Waals surface area contributed by atoms with Crippen LogP contribution in [-0.2, 0) is 6.54 Å². The molecule has 3 N–H and O–H groups in total. The van der Waals surface area contributed by atoms with Crippen molar-refractivity contribution in [3.05, 3.63) is 63.9 Å². The van der Waals surface area contributed by atoms with Crippen LogP contribution in [0.4, 0.5) is 10.1 Å². The predicted molar refractivity (Wildman–Crippen MR) is 78.2 cm³/mol. The average Bonchev–Trinajstić information content (AvgIpc) is 2.43. The van der Waals surface area contributed by atoms with Crippen molar-refractivity contribution in [1.82, 2.24) is 5.32 Å². The molecule has 5 heteroatoms. The number of amides is 1. The lowest BCUT2D eigenvalue weighted by molar-refractivity contribution is 0.0950. The van der Waals surface area contributed by atoms with Crippen LogP contribution < -0.4 is 11.1 Å². The minimum Gasteiger partial charge on any atom is -0.399 e. The number of benzene rings is 2. The molecule has 0 spiro atoms. The minimum absolute atomic E-state index is 0.119. The fourth-order valence-corrected chi connectivity index (χ4v) is 2.06. The van der Waals surface area contributed by atoms with Gasteiger partial charge in [0, 0.05) is 12.2 Å². The van der Waals surface area contributed by atoms with Crippen molar-refractivity contribution < 1.29 is 9.18 Å². The van der Waals surface area contributed by atoms with Crippen molar-refractivity contribution in [1.29, 1.82) is 0 Å². The number of carbonyl (C=O) groups excluding carboxylic acids is 1. The summed E-state index contributed by atoms with van der Waals surface area (Å²) in [6.45, 7) is 2.19. The number of hydrogen-bond acceptors (Lipinski definition) is 2. The molecule has 0 aromatic heterocycles. The molecule has 0 atom stereocenters. The summed E-state index contributed by atoms with van der Waals surface area (Å²) < 4.78 is 13.3. The first-order valence-electron chi connectivity index (χ1n) is 6.07. The lowest BCUT2D eigenvalue weighted by Gasteiger charge is -2.10. The second-order valence-electron chi connectivity index (χ2n) is 4.42. The Hall–Kier alpha value is -2.07. The van der Waals surface area contributed by atoms with Gasteiger partial charge in [-0.3, -0.25) is 4.79 Å². The standard InChI is InChI=1S/C15H14ClFN2O/c1-9-10(4-2-7-13(9)18)8-19-15(20)11-5-3-6-12(17)14(11)16/h2-7H,8,18H2,1H3,(H,19,20). The summed E-state index contributed by atoms with van der Waals surface area (Å²) in [5, 5.41) is 2.53. The zero-order valence-corrected chi connectivity index (χ0v) is 11.7. The van der Waals surface area contributed by atoms with E-state index in [4.69, 9.17) is 17.3 Å². The van der Waals surface area contributed by atoms with Gasteiger partial charge in [0.05, 0.1) is 10.6 Å². The molecule has 3 nitrogen and oxygen atoms in total. The molecule has 0 aliphatic rings. The average molecular weight is 293 g/mol. The number of nitrogens with one attached hydrogen (secondary N) is 1. The van der Waals surface area contributed by atoms with E-state index in [9.17, 15) is 9.18 Å². The Morgan fingerprint density at radius 2 is 2.00 bits per heavy atom. The zero-order valence-electron chi connectivity index (χ0n) is 10.9. The summed E-state index contributed by atoms with van der Waals surface area (Å²) in [6.07, 6.45) is 0. The largest absolute Gasteiger partial charge is 0.399 e. The van der Waals surface area contributed by atoms with Crippen LogP contribution in [0, 0.1) is 12.7 Å². The summed E-state index contributed by atoms with van der Waals surface area (Å²) in [6, 6.07) is 9.62. The van der Waals surface area contributed by atoms with Gasteiger partial charge in [-0.05, 0) is 36.2 Å². The molecule has 0 aliphatic heterocycles. The molecular formula is C15H14ClFN2O. The second kappa shape index (κ2) is 5.92. The van der Waals surface area contributed by atoms with E-state index in [-0.39, 0.29) is 10.6 Å². The second-order valence-corrected chi connectivity index (χ2v) is 4.79. The van der Waals surface area contributed by atoms with E-state index in [1.807, 2.05) is 19.1 Å². The van der Waals surface area contributed by atoms with Crippen LogP contribution in [0.15, 0.2) is 36.4 Å². The van der Waals surface area contributed by atoms with E-state index in [2.05, 4.69) is 5.32 Å². The third-order valence-corrected chi connectivity index (χ3v) is 3.51. The SMILES string of the molecule is Cc1c(N)cccc1CNC(=O)c1cccc(F)c1Cl. The maximum atomic E-state index is 13.3. The van der Waals surface area contributed by atoms with Crippen molar-refractivity contribution >= 4 is 23.2 Å². The third-order valence-electron chi connectivity index (χ3n) is 3.12. The van der Waals surface area contributed by atoms with Gasteiger partial charge in [0.1, 0.15) is 5.82 Å². The Balaban J connectivity index is 2.13. The molecule has 0 fully saturated rings. The molecule has 0 unspecified atom stereocenters. The van der Waals surface area contributed by atoms with Gasteiger partial charge in [0.15, 0.2) is 0 Å². The summed E-state index contributed by atoms with van der Waals surface area (Å²) in [7, 11) is 0. The topological polar surface area (TPSA) is 55.1 Å². The minimum atomic E-state index is -0.612. The van der Waals surface area contributed by atoms with Crippen LogP contribution in [-0.4, -0.2) is 5.91 Å². The fraction of sp³-hybridized carbons (Fsp3) is 0.133. The van der Waals surface area contributed by atoms with E-state index in [0.717, 1.165) is 11.1 Å². The molecule has 2 rings (SSSR count). The molecule has 0 bridgehead atoms. The summed E-state index contributed by atoms with van der Waals surface area (Å²) in [5.74, 6) is -1.03. The molecule has 104 valence electrons. The van der Waals surface area contributed by atoms with Gasteiger partial charge < -0.3 is 11.1 Å². The number of nitrogen functional groups attached to an aromatic ring is 1. The number of rotatable bonds is 3. The van der Waals surface area contributed by atoms with Crippen molar-refractivity contribution in [3.8, 4) is 0 Å². The Morgan fingerprint density at radius 1 is 1.30 bits per heavy atom. The van der Waals surface area contributed by atoms with Crippen LogP contribution in [0.25, 0.3) is 0 Å². The third kappa shape index (κ3) is 2.91. The number of hydrogen-bond donors (Lipinski definition) is 2. The maximum absolute atomic E-state index is 13.3. The van der Waals surface area contributed by atoms with Crippen molar-refractivity contribution in [2.24, 2.45) is 0 Å². The van der Waals surface area contributed by atoms with E-state index < -0.39 is 11.7 Å². The van der Waals surface area contributed by atoms with Gasteiger partial charge >= 0.3 is 0 Å². The van der Waals surface area contributed by atoms with Crippen LogP contribution in [0.5, 0.6) is 0 Å². The Morgan fingerprint density at radius 3 is 2.75 bits per heavy atom. The molecule has 20 heavy (non-hydrogen) atoms. The first-order valence-corrected chi connectivity index (χ1v) is 6.44. The highest BCUT2D eigenvalue weighted by Gasteiger charge is 2.13. The Kier molecular flexibility index (Phi) is 4.25. The summed E-state index contributed by atoms with van der Waals surface area (Å²) >= 11 is 5.77. The first kappa shape index (κ1) is 14.3. The molecule has 0 aliphatic carbocycles. The van der Waals surface area contributed by atoms with Gasteiger partial charge in [0.2, 0.25) is 0 Å². The maximum Gasteiger partial charge on any atom is 0.253 e. The van der Waals surface area contributed by atoms with Crippen molar-refractivity contribution in [2.75, 3.05) is 5.73 Å². The van der Waals surface area contributed by atoms with Crippen LogP contribution >= 0.6 is 11.6 Å². The molecule has 1 amide bonds. The van der Waals surface area contributed by atoms with E-state index in [0.29, 0.717) is 12.2 Å². The fourth-order valence-electron chi connectivity index (χ4n) is 1.84. The van der Waals surface area contributed by atoms with E-state index in [1.165, 1.54) is 18.2 Å². The molecule has 0 heterocycles. The Bertz CT molecular complexity index is 658.